The van der Waals surface area contributed by atoms with Gasteiger partial charge in [-0.05, 0) is 43.0 Å². The average Bonchev–Trinajstić information content (AvgIpc) is 2.73. The number of nitrogens with two attached hydrogens (primary N) is 1. The molecule has 0 unspecified atom stereocenters. The number of nitrogens with one attached hydrogen (secondary N) is 1. The molecule has 2 aromatic rings. The fourth-order valence-electron chi connectivity index (χ4n) is 3.45. The van der Waals surface area contributed by atoms with Crippen LogP contribution in [0.4, 0.5) is 23.2 Å². The average molecular weight is 438 g/mol. The normalized spacial score (nSPS) is 16.6. The Kier molecular flexibility index (Phi) is 6.23. The van der Waals surface area contributed by atoms with Gasteiger partial charge in [-0.25, -0.2) is 4.39 Å². The van der Waals surface area contributed by atoms with E-state index in [0.29, 0.717) is 31.4 Å². The van der Waals surface area contributed by atoms with Crippen LogP contribution < -0.4 is 11.1 Å². The fourth-order valence-corrected chi connectivity index (χ4v) is 3.45. The summed E-state index contributed by atoms with van der Waals surface area (Å²) in [4.78, 5) is 41.4. The van der Waals surface area contributed by atoms with Crippen LogP contribution in [0.2, 0.25) is 0 Å². The van der Waals surface area contributed by atoms with Gasteiger partial charge in [0.15, 0.2) is 0 Å². The molecule has 0 bridgehead atoms. The van der Waals surface area contributed by atoms with Crippen molar-refractivity contribution in [3.8, 4) is 0 Å². The first-order valence-electron chi connectivity index (χ1n) is 9.31. The van der Waals surface area contributed by atoms with Crippen molar-refractivity contribution >= 4 is 23.4 Å². The lowest BCUT2D eigenvalue weighted by molar-refractivity contribution is -0.146. The van der Waals surface area contributed by atoms with Crippen molar-refractivity contribution in [1.82, 2.24) is 9.88 Å². The number of hydrogen-bond acceptors (Lipinski definition) is 4. The maximum atomic E-state index is 13.6. The number of nitrogens with zero attached hydrogens (tertiary/aromatic N) is 2. The summed E-state index contributed by atoms with van der Waals surface area (Å²) in [6.07, 6.45) is -0.991. The molecule has 11 heteroatoms. The number of anilines is 1. The van der Waals surface area contributed by atoms with Gasteiger partial charge in [0.2, 0.25) is 5.91 Å². The van der Waals surface area contributed by atoms with Gasteiger partial charge in [-0.15, -0.1) is 0 Å². The number of benzene rings is 1. The number of primary amides is 1. The van der Waals surface area contributed by atoms with E-state index in [2.05, 4.69) is 10.3 Å². The summed E-state index contributed by atoms with van der Waals surface area (Å²) in [7, 11) is 0. The highest BCUT2D eigenvalue weighted by Crippen LogP contribution is 2.36. The van der Waals surface area contributed by atoms with E-state index in [0.717, 1.165) is 4.90 Å². The van der Waals surface area contributed by atoms with Crippen molar-refractivity contribution in [3.63, 3.8) is 0 Å². The number of pyridine rings is 1. The minimum absolute atomic E-state index is 0.0205. The first-order valence-corrected chi connectivity index (χ1v) is 9.31. The predicted octanol–water partition coefficient (Wildman–Crippen LogP) is 3.03. The third kappa shape index (κ3) is 4.98. The van der Waals surface area contributed by atoms with Crippen molar-refractivity contribution in [2.24, 2.45) is 5.73 Å². The molecule has 164 valence electrons. The number of likely N-dealkylation sites (tertiary alicyclic amines) is 1. The van der Waals surface area contributed by atoms with Gasteiger partial charge >= 0.3 is 18.0 Å². The Morgan fingerprint density at radius 3 is 2.55 bits per heavy atom. The van der Waals surface area contributed by atoms with Crippen LogP contribution in [-0.2, 0) is 15.8 Å². The second-order valence-corrected chi connectivity index (χ2v) is 7.03. The van der Waals surface area contributed by atoms with E-state index in [4.69, 9.17) is 5.73 Å². The summed E-state index contributed by atoms with van der Waals surface area (Å²) in [5.74, 6) is -4.20. The second-order valence-electron chi connectivity index (χ2n) is 7.03. The maximum absolute atomic E-state index is 13.6. The fraction of sp³-hybridized carbons (Fsp3) is 0.300. The Labute approximate surface area is 174 Å². The Morgan fingerprint density at radius 1 is 1.13 bits per heavy atom. The monoisotopic (exact) mass is 438 g/mol. The maximum Gasteiger partial charge on any atom is 0.419 e. The van der Waals surface area contributed by atoms with Crippen LogP contribution in [0.25, 0.3) is 0 Å². The molecule has 3 amide bonds. The number of halogens is 4. The van der Waals surface area contributed by atoms with Crippen LogP contribution in [0.1, 0.15) is 46.8 Å². The molecule has 3 rings (SSSR count). The van der Waals surface area contributed by atoms with Gasteiger partial charge in [-0.1, -0.05) is 6.07 Å². The minimum Gasteiger partial charge on any atom is -0.366 e. The number of carbonyl (C=O) groups excluding carboxylic acids is 3. The van der Waals surface area contributed by atoms with Gasteiger partial charge in [0, 0.05) is 12.7 Å². The van der Waals surface area contributed by atoms with Gasteiger partial charge in [0.05, 0.1) is 29.1 Å². The molecule has 1 aliphatic rings. The first kappa shape index (κ1) is 22.2. The van der Waals surface area contributed by atoms with Crippen molar-refractivity contribution in [1.29, 1.82) is 0 Å². The lowest BCUT2D eigenvalue weighted by atomic mass is 9.93. The van der Waals surface area contributed by atoms with Crippen LogP contribution in [-0.4, -0.2) is 34.2 Å². The largest absolute Gasteiger partial charge is 0.419 e. The summed E-state index contributed by atoms with van der Waals surface area (Å²) in [5.41, 5.74) is 3.89. The molecule has 1 aromatic carbocycles. The molecular weight excluding hydrogens is 420 g/mol. The number of hydrogen-bond donors (Lipinski definition) is 2. The van der Waals surface area contributed by atoms with E-state index in [1.165, 1.54) is 24.5 Å². The Morgan fingerprint density at radius 2 is 1.87 bits per heavy atom. The highest BCUT2D eigenvalue weighted by Gasteiger charge is 2.37. The first-order chi connectivity index (χ1) is 14.6. The summed E-state index contributed by atoms with van der Waals surface area (Å²) in [6, 6.07) is 2.98. The summed E-state index contributed by atoms with van der Waals surface area (Å²) >= 11 is 0. The topological polar surface area (TPSA) is 105 Å². The number of rotatable bonds is 3. The summed E-state index contributed by atoms with van der Waals surface area (Å²) < 4.78 is 52.9. The Hall–Kier alpha value is -3.50. The number of piperidine rings is 1. The molecular formula is C20H18F4N4O3. The molecule has 7 nitrogen and oxygen atoms in total. The molecule has 0 saturated carbocycles. The second kappa shape index (κ2) is 8.70. The number of aromatic nitrogens is 1. The summed E-state index contributed by atoms with van der Waals surface area (Å²) in [6.45, 7) is 0.148. The molecule has 0 aliphatic carbocycles. The number of carbonyl (C=O) groups is 3. The molecule has 1 fully saturated rings. The van der Waals surface area contributed by atoms with E-state index >= 15 is 0 Å². The zero-order valence-electron chi connectivity index (χ0n) is 16.1. The quantitative estimate of drug-likeness (QED) is 0.568. The lowest BCUT2D eigenvalue weighted by Crippen LogP contribution is -2.44. The van der Waals surface area contributed by atoms with Gasteiger partial charge in [-0.3, -0.25) is 19.4 Å². The van der Waals surface area contributed by atoms with Gasteiger partial charge < -0.3 is 16.0 Å². The van der Waals surface area contributed by atoms with Crippen molar-refractivity contribution in [3.05, 3.63) is 59.2 Å². The molecule has 1 aromatic heterocycles. The number of amides is 3. The molecule has 31 heavy (non-hydrogen) atoms. The zero-order chi connectivity index (χ0) is 22.8. The van der Waals surface area contributed by atoms with E-state index in [1.807, 2.05) is 0 Å². The zero-order valence-corrected chi connectivity index (χ0v) is 16.1. The van der Waals surface area contributed by atoms with Crippen LogP contribution in [0.15, 0.2) is 36.7 Å². The highest BCUT2D eigenvalue weighted by atomic mass is 19.4. The molecule has 1 aliphatic heterocycles. The standard InChI is InChI=1S/C20H18F4N4O3/c21-15-5-4-11(8-14(15)20(22,23)24)16-3-1-2-6-28(16)19(31)18(30)27-13-7-12(17(25)29)9-26-10-13/h4-5,7-10,16H,1-3,6H2,(H2,25,29)(H,27,30)/t16-/m0/s1. The minimum atomic E-state index is -4.89. The Bertz CT molecular complexity index is 1030. The third-order valence-corrected chi connectivity index (χ3v) is 4.92. The predicted molar refractivity (Wildman–Crippen MR) is 101 cm³/mol. The van der Waals surface area contributed by atoms with Crippen molar-refractivity contribution in [2.75, 3.05) is 11.9 Å². The van der Waals surface area contributed by atoms with Crippen molar-refractivity contribution in [2.45, 2.75) is 31.5 Å². The summed E-state index contributed by atoms with van der Waals surface area (Å²) in [5, 5.41) is 2.31. The van der Waals surface area contributed by atoms with Crippen LogP contribution in [0.5, 0.6) is 0 Å². The molecule has 1 saturated heterocycles. The lowest BCUT2D eigenvalue weighted by Gasteiger charge is -2.35. The van der Waals surface area contributed by atoms with Gasteiger partial charge in [0.1, 0.15) is 5.82 Å². The van der Waals surface area contributed by atoms with Crippen LogP contribution >= 0.6 is 0 Å². The number of alkyl halides is 3. The molecule has 2 heterocycles. The molecule has 0 radical (unpaired) electrons. The highest BCUT2D eigenvalue weighted by molar-refractivity contribution is 6.39. The molecule has 0 spiro atoms. The van der Waals surface area contributed by atoms with E-state index in [9.17, 15) is 31.9 Å². The van der Waals surface area contributed by atoms with Crippen LogP contribution in [0, 0.1) is 5.82 Å². The van der Waals surface area contributed by atoms with Gasteiger partial charge in [-0.2, -0.15) is 13.2 Å². The van der Waals surface area contributed by atoms with Crippen molar-refractivity contribution < 1.29 is 31.9 Å². The SMILES string of the molecule is NC(=O)c1cncc(NC(=O)C(=O)N2CCCC[C@H]2c2ccc(F)c(C(F)(F)F)c2)c1. The Balaban J connectivity index is 1.83. The third-order valence-electron chi connectivity index (χ3n) is 4.92. The smallest absolute Gasteiger partial charge is 0.366 e. The van der Waals surface area contributed by atoms with E-state index in [1.54, 1.807) is 0 Å². The van der Waals surface area contributed by atoms with E-state index < -0.39 is 41.3 Å². The van der Waals surface area contributed by atoms with Crippen LogP contribution in [0.3, 0.4) is 0 Å². The molecule has 3 N–H and O–H groups in total. The van der Waals surface area contributed by atoms with Gasteiger partial charge in [0.25, 0.3) is 0 Å². The molecule has 1 atom stereocenters. The van der Waals surface area contributed by atoms with E-state index in [-0.39, 0.29) is 23.4 Å².